The van der Waals surface area contributed by atoms with Crippen LogP contribution in [0.25, 0.3) is 0 Å². The average molecular weight is 450 g/mol. The molecule has 0 aromatic heterocycles. The molecule has 29 heavy (non-hydrogen) atoms. The highest BCUT2D eigenvalue weighted by molar-refractivity contribution is 7.73. The van der Waals surface area contributed by atoms with Gasteiger partial charge in [-0.15, -0.1) is 0 Å². The molecule has 0 rings (SSSR count). The van der Waals surface area contributed by atoms with Crippen LogP contribution in [0.4, 0.5) is 0 Å². The van der Waals surface area contributed by atoms with E-state index in [0.717, 1.165) is 32.1 Å². The van der Waals surface area contributed by atoms with Crippen LogP contribution in [0, 0.1) is 0 Å². The molecular weight excluding hydrogens is 410 g/mol. The van der Waals surface area contributed by atoms with Gasteiger partial charge in [0, 0.05) is 0 Å². The Morgan fingerprint density at radius 3 is 2.17 bits per heavy atom. The Morgan fingerprint density at radius 1 is 1.03 bits per heavy atom. The Labute approximate surface area is 177 Å². The van der Waals surface area contributed by atoms with Crippen molar-refractivity contribution in [1.82, 2.24) is 0 Å². The number of hydrogen-bond acceptors (Lipinski definition) is 4. The van der Waals surface area contributed by atoms with E-state index >= 15 is 0 Å². The molecule has 1 atom stereocenters. The molecule has 0 aromatic rings. The van der Waals surface area contributed by atoms with Crippen molar-refractivity contribution in [2.75, 3.05) is 18.9 Å². The monoisotopic (exact) mass is 450 g/mol. The highest BCUT2D eigenvalue weighted by atomic mass is 31.2. The maximum Gasteiger partial charge on any atom is 0.335 e. The highest BCUT2D eigenvalue weighted by Gasteiger charge is 2.33. The van der Waals surface area contributed by atoms with Crippen LogP contribution in [0.5, 0.6) is 0 Å². The van der Waals surface area contributed by atoms with Gasteiger partial charge in [-0.1, -0.05) is 41.9 Å². The zero-order chi connectivity index (χ0) is 22.5. The van der Waals surface area contributed by atoms with Crippen molar-refractivity contribution in [2.24, 2.45) is 0 Å². The third-order valence-corrected chi connectivity index (χ3v) is 8.98. The fourth-order valence-corrected chi connectivity index (χ4v) is 6.76. The molecule has 170 valence electrons. The molecular formula is C21H40O6P2. The van der Waals surface area contributed by atoms with E-state index in [4.69, 9.17) is 19.0 Å². The minimum Gasteiger partial charge on any atom is -0.367 e. The van der Waals surface area contributed by atoms with Crippen LogP contribution in [0.2, 0.25) is 0 Å². The van der Waals surface area contributed by atoms with Crippen molar-refractivity contribution in [2.45, 2.75) is 79.8 Å². The molecule has 0 aromatic carbocycles. The van der Waals surface area contributed by atoms with Gasteiger partial charge in [0.2, 0.25) is 7.37 Å². The summed E-state index contributed by atoms with van der Waals surface area (Å²) in [4.78, 5) is 18.3. The molecule has 0 spiro atoms. The van der Waals surface area contributed by atoms with Gasteiger partial charge in [-0.25, -0.2) is 0 Å². The third kappa shape index (κ3) is 16.0. The molecule has 2 N–H and O–H groups in total. The van der Waals surface area contributed by atoms with Crippen molar-refractivity contribution in [3.8, 4) is 0 Å². The third-order valence-electron chi connectivity index (χ3n) is 4.40. The lowest BCUT2D eigenvalue weighted by Gasteiger charge is -2.21. The molecule has 0 saturated heterocycles. The maximum atomic E-state index is 12.7. The fraction of sp³-hybridized carbons (Fsp3) is 0.714. The fourth-order valence-electron chi connectivity index (χ4n) is 2.71. The Balaban J connectivity index is 4.58. The first-order valence-corrected chi connectivity index (χ1v) is 14.0. The van der Waals surface area contributed by atoms with Gasteiger partial charge >= 0.3 is 7.60 Å². The van der Waals surface area contributed by atoms with Crippen molar-refractivity contribution in [3.63, 3.8) is 0 Å². The summed E-state index contributed by atoms with van der Waals surface area (Å²) in [7, 11) is -8.00. The summed E-state index contributed by atoms with van der Waals surface area (Å²) < 4.78 is 34.7. The molecule has 6 nitrogen and oxygen atoms in total. The molecule has 1 unspecified atom stereocenters. The zero-order valence-corrected chi connectivity index (χ0v) is 20.7. The summed E-state index contributed by atoms with van der Waals surface area (Å²) in [6, 6.07) is 0. The second-order valence-corrected chi connectivity index (χ2v) is 12.3. The van der Waals surface area contributed by atoms with Crippen LogP contribution >= 0.6 is 15.0 Å². The van der Waals surface area contributed by atoms with Crippen LogP contribution < -0.4 is 0 Å². The maximum absolute atomic E-state index is 12.7. The van der Waals surface area contributed by atoms with Gasteiger partial charge in [0.1, 0.15) is 12.3 Å². The molecule has 0 aliphatic carbocycles. The predicted octanol–water partition coefficient (Wildman–Crippen LogP) is 6.61. The Hall–Kier alpha value is -0.480. The summed E-state index contributed by atoms with van der Waals surface area (Å²) in [6.07, 6.45) is 10.7. The number of rotatable bonds is 15. The van der Waals surface area contributed by atoms with E-state index < -0.39 is 27.0 Å². The van der Waals surface area contributed by atoms with Crippen LogP contribution in [0.3, 0.4) is 0 Å². The van der Waals surface area contributed by atoms with Gasteiger partial charge in [-0.05, 0) is 66.7 Å². The van der Waals surface area contributed by atoms with Crippen molar-refractivity contribution < 1.29 is 28.2 Å². The SMILES string of the molecule is CC=C(C)CCC(C)=CCCC(=CCOCP(=O)(CP(=O)(O)O)OC(C)C)CC. The van der Waals surface area contributed by atoms with Crippen LogP contribution in [0.1, 0.15) is 73.6 Å². The number of allylic oxidation sites excluding steroid dienone is 5. The highest BCUT2D eigenvalue weighted by Crippen LogP contribution is 2.58. The molecule has 0 fully saturated rings. The topological polar surface area (TPSA) is 93.1 Å². The minimum absolute atomic E-state index is 0.249. The molecule has 8 heteroatoms. The van der Waals surface area contributed by atoms with E-state index in [1.807, 2.05) is 6.08 Å². The van der Waals surface area contributed by atoms with Gasteiger partial charge in [0.05, 0.1) is 12.7 Å². The zero-order valence-electron chi connectivity index (χ0n) is 18.9. The van der Waals surface area contributed by atoms with Crippen molar-refractivity contribution in [3.05, 3.63) is 34.9 Å². The first-order valence-electron chi connectivity index (χ1n) is 10.2. The minimum atomic E-state index is -4.45. The smallest absolute Gasteiger partial charge is 0.335 e. The molecule has 0 radical (unpaired) electrons. The Bertz CT molecular complexity index is 658. The number of ether oxygens (including phenoxy) is 1. The standard InChI is InChI=1S/C21H40O6P2/c1-7-19(5)12-13-20(6)10-9-11-21(8-2)14-15-26-16-28(22,27-18(3)4)17-29(23,24)25/h7,10,14,18H,8-9,11-13,15-17H2,1-6H3,(H2,23,24,25). The molecule has 0 aliphatic heterocycles. The second-order valence-electron chi connectivity index (χ2n) is 7.71. The van der Waals surface area contributed by atoms with E-state index in [9.17, 15) is 9.13 Å². The summed E-state index contributed by atoms with van der Waals surface area (Å²) in [5.74, 6) is -0.792. The lowest BCUT2D eigenvalue weighted by molar-refractivity contribution is 0.174. The van der Waals surface area contributed by atoms with Crippen molar-refractivity contribution >= 4 is 15.0 Å². The summed E-state index contributed by atoms with van der Waals surface area (Å²) in [5, 5.41) is 0. The Kier molecular flexibility index (Phi) is 14.3. The lowest BCUT2D eigenvalue weighted by atomic mass is 10.0. The summed E-state index contributed by atoms with van der Waals surface area (Å²) in [6.45, 7) is 12.1. The average Bonchev–Trinajstić information content (AvgIpc) is 2.59. The first kappa shape index (κ1) is 28.5. The number of hydrogen-bond donors (Lipinski definition) is 2. The van der Waals surface area contributed by atoms with Gasteiger partial charge in [-0.2, -0.15) is 0 Å². The molecule has 0 saturated carbocycles. The van der Waals surface area contributed by atoms with Gasteiger partial charge < -0.3 is 19.0 Å². The van der Waals surface area contributed by atoms with E-state index in [1.54, 1.807) is 13.8 Å². The lowest BCUT2D eigenvalue weighted by Crippen LogP contribution is -2.09. The van der Waals surface area contributed by atoms with E-state index in [2.05, 4.69) is 39.8 Å². The summed E-state index contributed by atoms with van der Waals surface area (Å²) >= 11 is 0. The van der Waals surface area contributed by atoms with Gasteiger partial charge in [0.15, 0.2) is 0 Å². The summed E-state index contributed by atoms with van der Waals surface area (Å²) in [5.41, 5.74) is 4.04. The van der Waals surface area contributed by atoms with Crippen LogP contribution in [-0.2, 0) is 18.4 Å². The van der Waals surface area contributed by atoms with Gasteiger partial charge in [0.25, 0.3) is 0 Å². The predicted molar refractivity (Wildman–Crippen MR) is 122 cm³/mol. The molecule has 0 amide bonds. The van der Waals surface area contributed by atoms with Crippen LogP contribution in [-0.4, -0.2) is 34.7 Å². The van der Waals surface area contributed by atoms with E-state index in [-0.39, 0.29) is 13.0 Å². The van der Waals surface area contributed by atoms with Crippen molar-refractivity contribution in [1.29, 1.82) is 0 Å². The quantitative estimate of drug-likeness (QED) is 0.166. The van der Waals surface area contributed by atoms with E-state index in [0.29, 0.717) is 0 Å². The molecule has 0 bridgehead atoms. The van der Waals surface area contributed by atoms with E-state index in [1.165, 1.54) is 16.7 Å². The second kappa shape index (κ2) is 14.5. The Morgan fingerprint density at radius 2 is 1.66 bits per heavy atom. The largest absolute Gasteiger partial charge is 0.367 e. The molecule has 0 heterocycles. The first-order chi connectivity index (χ1) is 13.4. The molecule has 0 aliphatic rings. The normalized spacial score (nSPS) is 16.4. The van der Waals surface area contributed by atoms with Gasteiger partial charge in [-0.3, -0.25) is 9.13 Å². The van der Waals surface area contributed by atoms with Crippen LogP contribution in [0.15, 0.2) is 34.9 Å².